The Morgan fingerprint density at radius 1 is 1.40 bits per heavy atom. The molecule has 2 N–H and O–H groups in total. The second kappa shape index (κ2) is 6.28. The van der Waals surface area contributed by atoms with E-state index in [2.05, 4.69) is 17.6 Å². The van der Waals surface area contributed by atoms with E-state index in [1.54, 1.807) is 7.11 Å². The average Bonchev–Trinajstić information content (AvgIpc) is 3.01. The first-order chi connectivity index (χ1) is 7.22. The van der Waals surface area contributed by atoms with Gasteiger partial charge in [0.05, 0.1) is 0 Å². The van der Waals surface area contributed by atoms with Gasteiger partial charge in [-0.3, -0.25) is 0 Å². The van der Waals surface area contributed by atoms with Crippen LogP contribution in [-0.4, -0.2) is 31.9 Å². The number of methoxy groups -OCH3 is 1. The normalized spacial score (nSPS) is 17.2. The topological polar surface area (TPSA) is 33.3 Å². The predicted molar refractivity (Wildman–Crippen MR) is 67.1 cm³/mol. The molecule has 0 amide bonds. The summed E-state index contributed by atoms with van der Waals surface area (Å²) < 4.78 is 5.11. The monoisotopic (exact) mass is 230 g/mol. The van der Waals surface area contributed by atoms with Crippen LogP contribution in [0.3, 0.4) is 0 Å². The standard InChI is InChI=1S/C11H22N2OS/c1-3-7-12-10(15)13-9-11(4-5-11)6-8-14-2/h3-9H2,1-2H3,(H2,12,13,15). The number of rotatable bonds is 7. The highest BCUT2D eigenvalue weighted by molar-refractivity contribution is 7.80. The Kier molecular flexibility index (Phi) is 5.32. The predicted octanol–water partition coefficient (Wildman–Crippen LogP) is 1.68. The van der Waals surface area contributed by atoms with Crippen LogP contribution in [0.4, 0.5) is 0 Å². The SMILES string of the molecule is CCCNC(=S)NCC1(CCOC)CC1. The minimum Gasteiger partial charge on any atom is -0.385 e. The second-order valence-corrected chi connectivity index (χ2v) is 4.76. The highest BCUT2D eigenvalue weighted by Crippen LogP contribution is 2.48. The van der Waals surface area contributed by atoms with Crippen LogP contribution >= 0.6 is 12.2 Å². The lowest BCUT2D eigenvalue weighted by atomic mass is 10.0. The maximum absolute atomic E-state index is 5.17. The van der Waals surface area contributed by atoms with Crippen molar-refractivity contribution >= 4 is 17.3 Å². The third-order valence-corrected chi connectivity index (χ3v) is 3.24. The molecule has 0 saturated heterocycles. The first-order valence-corrected chi connectivity index (χ1v) is 6.14. The van der Waals surface area contributed by atoms with Crippen LogP contribution in [-0.2, 0) is 4.74 Å². The Labute approximate surface area is 98.0 Å². The zero-order valence-electron chi connectivity index (χ0n) is 9.77. The molecular formula is C11H22N2OS. The van der Waals surface area contributed by atoms with E-state index in [9.17, 15) is 0 Å². The Balaban J connectivity index is 2.10. The molecule has 0 aromatic carbocycles. The number of hydrogen-bond acceptors (Lipinski definition) is 2. The van der Waals surface area contributed by atoms with Crippen LogP contribution in [0.5, 0.6) is 0 Å². The highest BCUT2D eigenvalue weighted by atomic mass is 32.1. The van der Waals surface area contributed by atoms with Gasteiger partial charge >= 0.3 is 0 Å². The van der Waals surface area contributed by atoms with E-state index in [0.29, 0.717) is 5.41 Å². The lowest BCUT2D eigenvalue weighted by Gasteiger charge is -2.17. The van der Waals surface area contributed by atoms with Gasteiger partial charge in [0.2, 0.25) is 0 Å². The maximum Gasteiger partial charge on any atom is 0.166 e. The van der Waals surface area contributed by atoms with Crippen LogP contribution < -0.4 is 10.6 Å². The number of thiocarbonyl (C=S) groups is 1. The summed E-state index contributed by atoms with van der Waals surface area (Å²) in [6, 6.07) is 0. The molecule has 1 aliphatic rings. The Morgan fingerprint density at radius 3 is 2.67 bits per heavy atom. The van der Waals surface area contributed by atoms with Gasteiger partial charge in [0.25, 0.3) is 0 Å². The van der Waals surface area contributed by atoms with Gasteiger partial charge in [-0.2, -0.15) is 0 Å². The zero-order chi connectivity index (χ0) is 11.1. The Hall–Kier alpha value is -0.350. The molecule has 1 saturated carbocycles. The molecular weight excluding hydrogens is 208 g/mol. The van der Waals surface area contributed by atoms with Gasteiger partial charge in [-0.1, -0.05) is 6.92 Å². The van der Waals surface area contributed by atoms with Crippen molar-refractivity contribution in [1.82, 2.24) is 10.6 Å². The quantitative estimate of drug-likeness (QED) is 0.652. The van der Waals surface area contributed by atoms with Gasteiger partial charge in [0, 0.05) is 26.8 Å². The van der Waals surface area contributed by atoms with E-state index in [1.165, 1.54) is 12.8 Å². The molecule has 0 aromatic rings. The summed E-state index contributed by atoms with van der Waals surface area (Å²) in [6.45, 7) is 4.94. The number of hydrogen-bond donors (Lipinski definition) is 2. The van der Waals surface area contributed by atoms with Crippen molar-refractivity contribution in [2.75, 3.05) is 26.8 Å². The van der Waals surface area contributed by atoms with Gasteiger partial charge in [-0.25, -0.2) is 0 Å². The first kappa shape index (κ1) is 12.7. The molecule has 0 radical (unpaired) electrons. The van der Waals surface area contributed by atoms with Crippen molar-refractivity contribution in [3.05, 3.63) is 0 Å². The summed E-state index contributed by atoms with van der Waals surface area (Å²) in [5.41, 5.74) is 0.466. The molecule has 0 aromatic heterocycles. The van der Waals surface area contributed by atoms with Crippen LogP contribution in [0.1, 0.15) is 32.6 Å². The van der Waals surface area contributed by atoms with Crippen LogP contribution in [0.25, 0.3) is 0 Å². The second-order valence-electron chi connectivity index (χ2n) is 4.35. The fourth-order valence-corrected chi connectivity index (χ4v) is 1.75. The largest absolute Gasteiger partial charge is 0.385 e. The Bertz CT molecular complexity index is 205. The number of nitrogens with one attached hydrogen (secondary N) is 2. The molecule has 1 aliphatic carbocycles. The van der Waals surface area contributed by atoms with Gasteiger partial charge in [-0.15, -0.1) is 0 Å². The summed E-state index contributed by atoms with van der Waals surface area (Å²) in [5, 5.41) is 7.26. The van der Waals surface area contributed by atoms with E-state index in [-0.39, 0.29) is 0 Å². The third kappa shape index (κ3) is 4.80. The molecule has 0 heterocycles. The van der Waals surface area contributed by atoms with Gasteiger partial charge in [-0.05, 0) is 43.3 Å². The lowest BCUT2D eigenvalue weighted by Crippen LogP contribution is -2.39. The van der Waals surface area contributed by atoms with Crippen molar-refractivity contribution < 1.29 is 4.74 Å². The van der Waals surface area contributed by atoms with Crippen molar-refractivity contribution in [2.45, 2.75) is 32.6 Å². The van der Waals surface area contributed by atoms with E-state index < -0.39 is 0 Å². The van der Waals surface area contributed by atoms with E-state index >= 15 is 0 Å². The van der Waals surface area contributed by atoms with Gasteiger partial charge < -0.3 is 15.4 Å². The average molecular weight is 230 g/mol. The van der Waals surface area contributed by atoms with Crippen molar-refractivity contribution in [3.8, 4) is 0 Å². The van der Waals surface area contributed by atoms with Gasteiger partial charge in [0.1, 0.15) is 0 Å². The molecule has 0 aliphatic heterocycles. The van der Waals surface area contributed by atoms with E-state index in [1.807, 2.05) is 0 Å². The summed E-state index contributed by atoms with van der Waals surface area (Å²) in [7, 11) is 1.76. The molecule has 0 bridgehead atoms. The van der Waals surface area contributed by atoms with E-state index in [4.69, 9.17) is 17.0 Å². The summed E-state index contributed by atoms with van der Waals surface area (Å²) in [6.07, 6.45) is 4.86. The summed E-state index contributed by atoms with van der Waals surface area (Å²) in [4.78, 5) is 0. The summed E-state index contributed by atoms with van der Waals surface area (Å²) >= 11 is 5.17. The molecule has 0 atom stereocenters. The van der Waals surface area contributed by atoms with Crippen LogP contribution in [0.15, 0.2) is 0 Å². The lowest BCUT2D eigenvalue weighted by molar-refractivity contribution is 0.172. The molecule has 1 rings (SSSR count). The van der Waals surface area contributed by atoms with Crippen LogP contribution in [0, 0.1) is 5.41 Å². The molecule has 1 fully saturated rings. The van der Waals surface area contributed by atoms with Gasteiger partial charge in [0.15, 0.2) is 5.11 Å². The zero-order valence-corrected chi connectivity index (χ0v) is 10.6. The fourth-order valence-electron chi connectivity index (χ4n) is 1.58. The fraction of sp³-hybridized carbons (Fsp3) is 0.909. The molecule has 0 unspecified atom stereocenters. The molecule has 15 heavy (non-hydrogen) atoms. The summed E-state index contributed by atoms with van der Waals surface area (Å²) in [5.74, 6) is 0. The molecule has 3 nitrogen and oxygen atoms in total. The van der Waals surface area contributed by atoms with Crippen molar-refractivity contribution in [2.24, 2.45) is 5.41 Å². The molecule has 4 heteroatoms. The minimum atomic E-state index is 0.466. The number of ether oxygens (including phenoxy) is 1. The molecule has 0 spiro atoms. The minimum absolute atomic E-state index is 0.466. The van der Waals surface area contributed by atoms with Crippen LogP contribution in [0.2, 0.25) is 0 Å². The highest BCUT2D eigenvalue weighted by Gasteiger charge is 2.41. The maximum atomic E-state index is 5.17. The molecule has 88 valence electrons. The van der Waals surface area contributed by atoms with Crippen molar-refractivity contribution in [3.63, 3.8) is 0 Å². The third-order valence-electron chi connectivity index (χ3n) is 2.95. The first-order valence-electron chi connectivity index (χ1n) is 5.73. The smallest absolute Gasteiger partial charge is 0.166 e. The van der Waals surface area contributed by atoms with E-state index in [0.717, 1.165) is 37.7 Å². The van der Waals surface area contributed by atoms with Crippen molar-refractivity contribution in [1.29, 1.82) is 0 Å². The Morgan fingerprint density at radius 2 is 2.13 bits per heavy atom.